The molecular formula is C15H13FN2O3. The van der Waals surface area contributed by atoms with Gasteiger partial charge in [0, 0.05) is 11.1 Å². The van der Waals surface area contributed by atoms with Crippen molar-refractivity contribution in [2.45, 2.75) is 0 Å². The van der Waals surface area contributed by atoms with E-state index in [4.69, 9.17) is 4.74 Å². The molecule has 0 fully saturated rings. The van der Waals surface area contributed by atoms with Crippen molar-refractivity contribution in [3.05, 3.63) is 65.5 Å². The number of hydrogen-bond donors (Lipinski definition) is 2. The number of benzene rings is 2. The molecule has 2 aromatic carbocycles. The Kier molecular flexibility index (Phi) is 4.50. The van der Waals surface area contributed by atoms with Crippen LogP contribution in [0.5, 0.6) is 5.75 Å². The molecule has 0 aliphatic heterocycles. The van der Waals surface area contributed by atoms with Gasteiger partial charge in [-0.3, -0.25) is 20.4 Å². The summed E-state index contributed by atoms with van der Waals surface area (Å²) < 4.78 is 17.7. The van der Waals surface area contributed by atoms with Crippen molar-refractivity contribution in [1.82, 2.24) is 10.9 Å². The van der Waals surface area contributed by atoms with Gasteiger partial charge in [0.25, 0.3) is 11.8 Å². The summed E-state index contributed by atoms with van der Waals surface area (Å²) >= 11 is 0. The average molecular weight is 288 g/mol. The minimum Gasteiger partial charge on any atom is -0.497 e. The predicted molar refractivity (Wildman–Crippen MR) is 74.3 cm³/mol. The van der Waals surface area contributed by atoms with Crippen LogP contribution in [0, 0.1) is 5.82 Å². The Morgan fingerprint density at radius 1 is 0.857 bits per heavy atom. The molecule has 0 aliphatic rings. The molecule has 5 nitrogen and oxygen atoms in total. The minimum absolute atomic E-state index is 0.242. The first-order valence-corrected chi connectivity index (χ1v) is 6.10. The molecule has 6 heteroatoms. The van der Waals surface area contributed by atoms with E-state index < -0.39 is 17.6 Å². The molecular weight excluding hydrogens is 275 g/mol. The summed E-state index contributed by atoms with van der Waals surface area (Å²) in [5, 5.41) is 0. The number of carbonyl (C=O) groups excluding carboxylic acids is 2. The highest BCUT2D eigenvalue weighted by molar-refractivity contribution is 5.99. The summed E-state index contributed by atoms with van der Waals surface area (Å²) in [6.45, 7) is 0. The molecule has 0 saturated carbocycles. The Morgan fingerprint density at radius 3 is 1.71 bits per heavy atom. The van der Waals surface area contributed by atoms with Crippen LogP contribution in [0.15, 0.2) is 48.5 Å². The molecule has 0 bridgehead atoms. The molecule has 108 valence electrons. The third-order valence-corrected chi connectivity index (χ3v) is 2.75. The Morgan fingerprint density at radius 2 is 1.29 bits per heavy atom. The topological polar surface area (TPSA) is 67.4 Å². The van der Waals surface area contributed by atoms with Gasteiger partial charge in [0.2, 0.25) is 0 Å². The van der Waals surface area contributed by atoms with E-state index in [1.54, 1.807) is 24.3 Å². The second-order valence-electron chi connectivity index (χ2n) is 4.14. The molecule has 0 saturated heterocycles. The van der Waals surface area contributed by atoms with Crippen LogP contribution in [0.4, 0.5) is 4.39 Å². The van der Waals surface area contributed by atoms with E-state index >= 15 is 0 Å². The van der Waals surface area contributed by atoms with Gasteiger partial charge in [-0.25, -0.2) is 4.39 Å². The zero-order valence-electron chi connectivity index (χ0n) is 11.2. The van der Waals surface area contributed by atoms with Crippen LogP contribution >= 0.6 is 0 Å². The first-order valence-electron chi connectivity index (χ1n) is 6.10. The number of carbonyl (C=O) groups is 2. The first kappa shape index (κ1) is 14.5. The third kappa shape index (κ3) is 3.79. The molecule has 2 amide bonds. The maximum atomic E-state index is 12.7. The summed E-state index contributed by atoms with van der Waals surface area (Å²) in [6, 6.07) is 11.4. The average Bonchev–Trinajstić information content (AvgIpc) is 2.53. The number of nitrogens with one attached hydrogen (secondary N) is 2. The zero-order chi connectivity index (χ0) is 15.2. The van der Waals surface area contributed by atoms with Crippen molar-refractivity contribution < 1.29 is 18.7 Å². The van der Waals surface area contributed by atoms with E-state index in [-0.39, 0.29) is 5.56 Å². The van der Waals surface area contributed by atoms with Crippen molar-refractivity contribution >= 4 is 11.8 Å². The Balaban J connectivity index is 1.93. The largest absolute Gasteiger partial charge is 0.497 e. The monoisotopic (exact) mass is 288 g/mol. The van der Waals surface area contributed by atoms with Gasteiger partial charge in [-0.05, 0) is 48.5 Å². The van der Waals surface area contributed by atoms with E-state index in [1.807, 2.05) is 0 Å². The SMILES string of the molecule is COc1ccc(C(=O)NNC(=O)c2ccc(F)cc2)cc1. The minimum atomic E-state index is -0.531. The normalized spacial score (nSPS) is 9.81. The van der Waals surface area contributed by atoms with E-state index in [0.717, 1.165) is 0 Å². The number of hydrogen-bond acceptors (Lipinski definition) is 3. The first-order chi connectivity index (χ1) is 10.1. The van der Waals surface area contributed by atoms with Gasteiger partial charge in [-0.2, -0.15) is 0 Å². The van der Waals surface area contributed by atoms with Crippen LogP contribution in [0.1, 0.15) is 20.7 Å². The summed E-state index contributed by atoms with van der Waals surface area (Å²) in [5.74, 6) is -0.805. The van der Waals surface area contributed by atoms with Crippen molar-refractivity contribution in [2.24, 2.45) is 0 Å². The van der Waals surface area contributed by atoms with Gasteiger partial charge in [0.15, 0.2) is 0 Å². The lowest BCUT2D eigenvalue weighted by Gasteiger charge is -2.08. The van der Waals surface area contributed by atoms with Crippen molar-refractivity contribution in [2.75, 3.05) is 7.11 Å². The molecule has 0 heterocycles. The lowest BCUT2D eigenvalue weighted by molar-refractivity contribution is 0.0846. The second kappa shape index (κ2) is 6.51. The predicted octanol–water partition coefficient (Wildman–Crippen LogP) is 1.91. The molecule has 0 aromatic heterocycles. The van der Waals surface area contributed by atoms with Crippen LogP contribution in [-0.2, 0) is 0 Å². The lowest BCUT2D eigenvalue weighted by Crippen LogP contribution is -2.41. The van der Waals surface area contributed by atoms with E-state index in [2.05, 4.69) is 10.9 Å². The maximum absolute atomic E-state index is 12.7. The molecule has 0 atom stereocenters. The van der Waals surface area contributed by atoms with E-state index in [1.165, 1.54) is 31.4 Å². The van der Waals surface area contributed by atoms with Crippen LogP contribution in [-0.4, -0.2) is 18.9 Å². The van der Waals surface area contributed by atoms with E-state index in [9.17, 15) is 14.0 Å². The Hall–Kier alpha value is -2.89. The second-order valence-corrected chi connectivity index (χ2v) is 4.14. The summed E-state index contributed by atoms with van der Waals surface area (Å²) in [4.78, 5) is 23.5. The van der Waals surface area contributed by atoms with Crippen LogP contribution in [0.25, 0.3) is 0 Å². The van der Waals surface area contributed by atoms with E-state index in [0.29, 0.717) is 11.3 Å². The van der Waals surface area contributed by atoms with Crippen LogP contribution in [0.2, 0.25) is 0 Å². The fourth-order valence-corrected chi connectivity index (χ4v) is 1.60. The lowest BCUT2D eigenvalue weighted by atomic mass is 10.2. The molecule has 0 radical (unpaired) electrons. The van der Waals surface area contributed by atoms with Gasteiger partial charge in [0.05, 0.1) is 7.11 Å². The molecule has 2 rings (SSSR count). The molecule has 0 spiro atoms. The molecule has 2 aromatic rings. The van der Waals surface area contributed by atoms with Crippen molar-refractivity contribution in [3.8, 4) is 5.75 Å². The highest BCUT2D eigenvalue weighted by Gasteiger charge is 2.09. The van der Waals surface area contributed by atoms with Crippen LogP contribution in [0.3, 0.4) is 0 Å². The quantitative estimate of drug-likeness (QED) is 0.848. The maximum Gasteiger partial charge on any atom is 0.269 e. The highest BCUT2D eigenvalue weighted by Crippen LogP contribution is 2.10. The highest BCUT2D eigenvalue weighted by atomic mass is 19.1. The Labute approximate surface area is 120 Å². The number of methoxy groups -OCH3 is 1. The fourth-order valence-electron chi connectivity index (χ4n) is 1.60. The van der Waals surface area contributed by atoms with Crippen molar-refractivity contribution in [3.63, 3.8) is 0 Å². The molecule has 21 heavy (non-hydrogen) atoms. The van der Waals surface area contributed by atoms with Gasteiger partial charge in [-0.15, -0.1) is 0 Å². The Bertz CT molecular complexity index is 639. The molecule has 0 aliphatic carbocycles. The van der Waals surface area contributed by atoms with Crippen LogP contribution < -0.4 is 15.6 Å². The van der Waals surface area contributed by atoms with Gasteiger partial charge in [-0.1, -0.05) is 0 Å². The standard InChI is InChI=1S/C15H13FN2O3/c1-21-13-8-4-11(5-9-13)15(20)18-17-14(19)10-2-6-12(16)7-3-10/h2-9H,1H3,(H,17,19)(H,18,20). The number of halogens is 1. The number of hydrazine groups is 1. The summed E-state index contributed by atoms with van der Waals surface area (Å²) in [6.07, 6.45) is 0. The third-order valence-electron chi connectivity index (χ3n) is 2.75. The molecule has 2 N–H and O–H groups in total. The summed E-state index contributed by atoms with van der Waals surface area (Å²) in [7, 11) is 1.53. The fraction of sp³-hybridized carbons (Fsp3) is 0.0667. The smallest absolute Gasteiger partial charge is 0.269 e. The number of rotatable bonds is 3. The number of amides is 2. The molecule has 0 unspecified atom stereocenters. The zero-order valence-corrected chi connectivity index (χ0v) is 11.2. The van der Waals surface area contributed by atoms with Gasteiger partial charge in [0.1, 0.15) is 11.6 Å². The number of ether oxygens (including phenoxy) is 1. The van der Waals surface area contributed by atoms with Gasteiger partial charge < -0.3 is 4.74 Å². The summed E-state index contributed by atoms with van der Waals surface area (Å²) in [5.41, 5.74) is 5.14. The van der Waals surface area contributed by atoms with Gasteiger partial charge >= 0.3 is 0 Å². The van der Waals surface area contributed by atoms with Crippen molar-refractivity contribution in [1.29, 1.82) is 0 Å².